The highest BCUT2D eigenvalue weighted by Gasteiger charge is 2.23. The van der Waals surface area contributed by atoms with E-state index in [4.69, 9.17) is 5.26 Å². The number of anilines is 1. The van der Waals surface area contributed by atoms with Crippen LogP contribution in [-0.2, 0) is 22.4 Å². The van der Waals surface area contributed by atoms with Crippen molar-refractivity contribution in [2.45, 2.75) is 12.8 Å². The van der Waals surface area contributed by atoms with Crippen molar-refractivity contribution in [1.82, 2.24) is 5.32 Å². The van der Waals surface area contributed by atoms with Crippen molar-refractivity contribution in [3.05, 3.63) is 29.3 Å². The maximum Gasteiger partial charge on any atom is 0.322 e. The second kappa shape index (κ2) is 4.88. The van der Waals surface area contributed by atoms with Gasteiger partial charge in [0.2, 0.25) is 5.91 Å². The third-order valence-corrected chi connectivity index (χ3v) is 3.02. The topological polar surface area (TPSA) is 73.2 Å². The first kappa shape index (κ1) is 12.1. The van der Waals surface area contributed by atoms with Gasteiger partial charge in [0, 0.05) is 19.3 Å². The second-order valence-electron chi connectivity index (χ2n) is 4.21. The average molecular weight is 243 g/mol. The lowest BCUT2D eigenvalue weighted by atomic mass is 10.1. The van der Waals surface area contributed by atoms with Crippen molar-refractivity contribution in [2.75, 3.05) is 18.5 Å². The summed E-state index contributed by atoms with van der Waals surface area (Å²) in [4.78, 5) is 23.9. The summed E-state index contributed by atoms with van der Waals surface area (Å²) >= 11 is 0. The summed E-state index contributed by atoms with van der Waals surface area (Å²) in [6, 6.07) is 7.34. The van der Waals surface area contributed by atoms with E-state index in [0.29, 0.717) is 19.4 Å². The summed E-state index contributed by atoms with van der Waals surface area (Å²) in [7, 11) is 1.76. The van der Waals surface area contributed by atoms with Crippen LogP contribution in [0.3, 0.4) is 0 Å². The molecule has 92 valence electrons. The number of hydrogen-bond donors (Lipinski definition) is 1. The predicted molar refractivity (Wildman–Crippen MR) is 65.9 cm³/mol. The lowest BCUT2D eigenvalue weighted by molar-refractivity contribution is -0.117. The summed E-state index contributed by atoms with van der Waals surface area (Å²) in [5.41, 5.74) is 3.02. The first-order chi connectivity index (χ1) is 8.61. The van der Waals surface area contributed by atoms with Crippen LogP contribution in [-0.4, -0.2) is 25.4 Å². The Morgan fingerprint density at radius 1 is 1.56 bits per heavy atom. The van der Waals surface area contributed by atoms with Gasteiger partial charge in [-0.15, -0.1) is 0 Å². The summed E-state index contributed by atoms with van der Waals surface area (Å²) < 4.78 is 0. The summed E-state index contributed by atoms with van der Waals surface area (Å²) in [6.07, 6.45) is 1.09. The Bertz CT molecular complexity index is 546. The van der Waals surface area contributed by atoms with E-state index in [1.54, 1.807) is 11.9 Å². The van der Waals surface area contributed by atoms with Crippen molar-refractivity contribution in [1.29, 1.82) is 5.26 Å². The van der Waals surface area contributed by atoms with Gasteiger partial charge >= 0.3 is 5.91 Å². The number of nitriles is 1. The molecule has 0 radical (unpaired) electrons. The molecule has 2 rings (SSSR count). The number of nitrogens with zero attached hydrogens (tertiary/aromatic N) is 2. The standard InChI is InChI=1S/C13H13N3O2/c1-16-11-3-2-9(4-5-15-12(17)8-14)6-10(11)7-13(16)18/h2-3,6H,4-5,7H2,1H3,(H,15,17). The van der Waals surface area contributed by atoms with Crippen LogP contribution in [0, 0.1) is 11.3 Å². The number of amides is 2. The van der Waals surface area contributed by atoms with Crippen LogP contribution >= 0.6 is 0 Å². The first-order valence-corrected chi connectivity index (χ1v) is 5.68. The summed E-state index contributed by atoms with van der Waals surface area (Å²) in [5.74, 6) is -0.522. The largest absolute Gasteiger partial charge is 0.343 e. The SMILES string of the molecule is CN1C(=O)Cc2cc(CCNC(=O)C#N)ccc21. The molecule has 0 aliphatic carbocycles. The Balaban J connectivity index is 2.01. The third-order valence-electron chi connectivity index (χ3n) is 3.02. The molecule has 2 amide bonds. The average Bonchev–Trinajstić information content (AvgIpc) is 2.64. The van der Waals surface area contributed by atoms with Crippen LogP contribution in [0.2, 0.25) is 0 Å². The molecule has 0 unspecified atom stereocenters. The van der Waals surface area contributed by atoms with E-state index in [1.165, 1.54) is 6.07 Å². The number of likely N-dealkylation sites (N-methyl/N-ethyl adjacent to an activating group) is 1. The molecule has 1 heterocycles. The zero-order valence-corrected chi connectivity index (χ0v) is 10.1. The lowest BCUT2D eigenvalue weighted by Crippen LogP contribution is -2.23. The Morgan fingerprint density at radius 3 is 3.06 bits per heavy atom. The Kier molecular flexibility index (Phi) is 3.28. The van der Waals surface area contributed by atoms with Crippen molar-refractivity contribution < 1.29 is 9.59 Å². The highest BCUT2D eigenvalue weighted by molar-refractivity contribution is 6.00. The molecule has 1 N–H and O–H groups in total. The molecule has 1 aromatic rings. The molecule has 0 fully saturated rings. The van der Waals surface area contributed by atoms with Gasteiger partial charge in [0.15, 0.2) is 6.07 Å². The zero-order chi connectivity index (χ0) is 13.1. The third kappa shape index (κ3) is 2.33. The molecule has 0 bridgehead atoms. The van der Waals surface area contributed by atoms with E-state index < -0.39 is 5.91 Å². The van der Waals surface area contributed by atoms with E-state index in [-0.39, 0.29) is 5.91 Å². The highest BCUT2D eigenvalue weighted by atomic mass is 16.2. The summed E-state index contributed by atoms with van der Waals surface area (Å²) in [5, 5.41) is 10.8. The molecule has 0 aromatic heterocycles. The molecule has 1 aliphatic heterocycles. The van der Waals surface area contributed by atoms with Crippen LogP contribution in [0.15, 0.2) is 18.2 Å². The number of hydrogen-bond acceptors (Lipinski definition) is 3. The maximum absolute atomic E-state index is 11.5. The minimum absolute atomic E-state index is 0.0972. The van der Waals surface area contributed by atoms with Gasteiger partial charge in [0.05, 0.1) is 6.42 Å². The highest BCUT2D eigenvalue weighted by Crippen LogP contribution is 2.28. The quantitative estimate of drug-likeness (QED) is 0.780. The molecule has 0 spiro atoms. The normalized spacial score (nSPS) is 13.1. The molecule has 1 aliphatic rings. The second-order valence-corrected chi connectivity index (χ2v) is 4.21. The monoisotopic (exact) mass is 243 g/mol. The molecule has 0 saturated heterocycles. The minimum Gasteiger partial charge on any atom is -0.343 e. The molecule has 1 aromatic carbocycles. The van der Waals surface area contributed by atoms with E-state index in [1.807, 2.05) is 18.2 Å². The first-order valence-electron chi connectivity index (χ1n) is 5.68. The van der Waals surface area contributed by atoms with Crippen molar-refractivity contribution in [3.8, 4) is 6.07 Å². The number of nitrogens with one attached hydrogen (secondary N) is 1. The number of carbonyl (C=O) groups is 2. The van der Waals surface area contributed by atoms with Crippen molar-refractivity contribution in [2.24, 2.45) is 0 Å². The Morgan fingerprint density at radius 2 is 2.33 bits per heavy atom. The van der Waals surface area contributed by atoms with Gasteiger partial charge in [0.25, 0.3) is 0 Å². The maximum atomic E-state index is 11.5. The predicted octanol–water partition coefficient (Wildman–Crippen LogP) is 0.388. The van der Waals surface area contributed by atoms with E-state index in [2.05, 4.69) is 5.32 Å². The van der Waals surface area contributed by atoms with Gasteiger partial charge in [-0.1, -0.05) is 12.1 Å². The molecular weight excluding hydrogens is 230 g/mol. The van der Waals surface area contributed by atoms with Gasteiger partial charge in [-0.25, -0.2) is 0 Å². The van der Waals surface area contributed by atoms with Crippen LogP contribution in [0.25, 0.3) is 0 Å². The molecular formula is C13H13N3O2. The van der Waals surface area contributed by atoms with Crippen molar-refractivity contribution in [3.63, 3.8) is 0 Å². The van der Waals surface area contributed by atoms with E-state index >= 15 is 0 Å². The molecule has 18 heavy (non-hydrogen) atoms. The fourth-order valence-electron chi connectivity index (χ4n) is 2.04. The van der Waals surface area contributed by atoms with Crippen LogP contribution in [0.5, 0.6) is 0 Å². The van der Waals surface area contributed by atoms with Gasteiger partial charge < -0.3 is 10.2 Å². The van der Waals surface area contributed by atoms with Crippen LogP contribution in [0.4, 0.5) is 5.69 Å². The fourth-order valence-corrected chi connectivity index (χ4v) is 2.04. The number of carbonyl (C=O) groups excluding carboxylic acids is 2. The van der Waals surface area contributed by atoms with Gasteiger partial charge in [-0.05, 0) is 23.6 Å². The molecule has 5 nitrogen and oxygen atoms in total. The molecule has 0 atom stereocenters. The Labute approximate surface area is 105 Å². The van der Waals surface area contributed by atoms with Gasteiger partial charge in [-0.3, -0.25) is 9.59 Å². The summed E-state index contributed by atoms with van der Waals surface area (Å²) in [6.45, 7) is 0.426. The fraction of sp³-hybridized carbons (Fsp3) is 0.308. The van der Waals surface area contributed by atoms with Gasteiger partial charge in [0.1, 0.15) is 0 Å². The molecule has 0 saturated carbocycles. The number of fused-ring (bicyclic) bond motifs is 1. The van der Waals surface area contributed by atoms with Crippen LogP contribution < -0.4 is 10.2 Å². The number of benzene rings is 1. The van der Waals surface area contributed by atoms with E-state index in [9.17, 15) is 9.59 Å². The number of rotatable bonds is 3. The van der Waals surface area contributed by atoms with Crippen molar-refractivity contribution >= 4 is 17.5 Å². The smallest absolute Gasteiger partial charge is 0.322 e. The minimum atomic E-state index is -0.619. The van der Waals surface area contributed by atoms with E-state index in [0.717, 1.165) is 16.8 Å². The molecule has 5 heteroatoms. The van der Waals surface area contributed by atoms with Gasteiger partial charge in [-0.2, -0.15) is 5.26 Å². The van der Waals surface area contributed by atoms with Crippen LogP contribution in [0.1, 0.15) is 11.1 Å². The Hall–Kier alpha value is -2.35. The lowest BCUT2D eigenvalue weighted by Gasteiger charge is -2.10. The zero-order valence-electron chi connectivity index (χ0n) is 10.1.